The third-order valence-corrected chi connectivity index (χ3v) is 16.7. The molecule has 78 heavy (non-hydrogen) atoms. The van der Waals surface area contributed by atoms with Gasteiger partial charge in [0.2, 0.25) is 17.5 Å². The van der Waals surface area contributed by atoms with Crippen molar-refractivity contribution in [3.63, 3.8) is 0 Å². The number of aliphatic hydroxyl groups excluding tert-OH is 1. The Hall–Kier alpha value is -5.51. The first-order valence-electron chi connectivity index (χ1n) is 27.5. The molecule has 3 saturated heterocycles. The Balaban J connectivity index is 1.27. The van der Waals surface area contributed by atoms with Crippen molar-refractivity contribution in [1.29, 1.82) is 0 Å². The monoisotopic (exact) mass is 1090 g/mol. The lowest BCUT2D eigenvalue weighted by Gasteiger charge is -2.50. The maximum atomic E-state index is 14.6. The molecule has 16 atom stereocenters. The molecule has 432 valence electrons. The third kappa shape index (κ3) is 14.8. The zero-order chi connectivity index (χ0) is 57.2. The van der Waals surface area contributed by atoms with Gasteiger partial charge in [0, 0.05) is 76.5 Å². The van der Waals surface area contributed by atoms with Crippen molar-refractivity contribution in [2.75, 3.05) is 27.9 Å². The average Bonchev–Trinajstić information content (AvgIpc) is 3.80. The van der Waals surface area contributed by atoms with Gasteiger partial charge in [-0.25, -0.2) is 9.59 Å². The number of carbonyl (C=O) groups is 7. The van der Waals surface area contributed by atoms with Gasteiger partial charge in [-0.2, -0.15) is 0 Å². The van der Waals surface area contributed by atoms with Gasteiger partial charge in [0.1, 0.15) is 36.2 Å². The van der Waals surface area contributed by atoms with Crippen molar-refractivity contribution in [3.8, 4) is 11.8 Å². The highest BCUT2D eigenvalue weighted by atomic mass is 16.7. The van der Waals surface area contributed by atoms with Crippen molar-refractivity contribution < 1.29 is 87.2 Å². The Labute approximate surface area is 457 Å². The van der Waals surface area contributed by atoms with Gasteiger partial charge in [-0.05, 0) is 101 Å². The fraction of sp³-hybridized carbons (Fsp3) is 0.672. The van der Waals surface area contributed by atoms with E-state index in [9.17, 15) is 54.0 Å². The SMILES string of the molecule is CO[C@H]1C[C@@H]2CC[C@@H](C)[C@@](O)(O2)C(=O)C(=O)N2CCCC3[C@H]2C(=O)O[C@@H](CC(=O)[C@H](C)C=C(C)[C@@H](O)[C@@H](OC)C(=O)[C@H](C)C[C@H](C)C=CC=CC=C1C)[C@H]3C[C@@H]1CC[C@@H](OC(=O)CCC(=O)On2c(O)ccc2O)[C@H](OC)C1. The Morgan fingerprint density at radius 3 is 2.19 bits per heavy atom. The first kappa shape index (κ1) is 61.7. The van der Waals surface area contributed by atoms with Gasteiger partial charge in [-0.15, -0.1) is 4.73 Å². The summed E-state index contributed by atoms with van der Waals surface area (Å²) in [5.41, 5.74) is 1.19. The average molecular weight is 1100 g/mol. The number of carbonyl (C=O) groups excluding carboxylic acids is 7. The summed E-state index contributed by atoms with van der Waals surface area (Å²) in [6, 6.07) is 1.02. The molecule has 20 heteroatoms. The molecule has 0 spiro atoms. The summed E-state index contributed by atoms with van der Waals surface area (Å²) in [5.74, 6) is -12.1. The summed E-state index contributed by atoms with van der Waals surface area (Å²) >= 11 is 0. The summed E-state index contributed by atoms with van der Waals surface area (Å²) in [5, 5.41) is 43.3. The van der Waals surface area contributed by atoms with Crippen molar-refractivity contribution >= 4 is 41.2 Å². The van der Waals surface area contributed by atoms with Crippen LogP contribution in [0.1, 0.15) is 125 Å². The van der Waals surface area contributed by atoms with Crippen LogP contribution in [0.5, 0.6) is 11.8 Å². The van der Waals surface area contributed by atoms with Crippen LogP contribution >= 0.6 is 0 Å². The number of nitrogens with zero attached hydrogens (tertiary/aromatic N) is 2. The first-order valence-corrected chi connectivity index (χ1v) is 27.5. The van der Waals surface area contributed by atoms with Crippen LogP contribution in [0.4, 0.5) is 0 Å². The molecule has 5 aliphatic rings. The van der Waals surface area contributed by atoms with Crippen LogP contribution < -0.4 is 4.84 Å². The number of fused-ring (bicyclic) bond motifs is 3. The number of hydrogen-bond donors (Lipinski definition) is 4. The number of aromatic hydroxyl groups is 2. The van der Waals surface area contributed by atoms with Gasteiger partial charge in [0.25, 0.3) is 11.7 Å². The Kier molecular flexibility index (Phi) is 21.8. The van der Waals surface area contributed by atoms with Crippen LogP contribution in [0.2, 0.25) is 0 Å². The van der Waals surface area contributed by atoms with Crippen LogP contribution in [0.15, 0.2) is 59.7 Å². The van der Waals surface area contributed by atoms with Gasteiger partial charge in [-0.1, -0.05) is 64.2 Å². The number of methoxy groups -OCH3 is 3. The predicted octanol–water partition coefficient (Wildman–Crippen LogP) is 5.60. The second-order valence-corrected chi connectivity index (χ2v) is 22.3. The third-order valence-electron chi connectivity index (χ3n) is 16.7. The van der Waals surface area contributed by atoms with E-state index in [-0.39, 0.29) is 49.2 Å². The van der Waals surface area contributed by atoms with Crippen LogP contribution in [0.25, 0.3) is 0 Å². The lowest BCUT2D eigenvalue weighted by Crippen LogP contribution is -2.65. The number of aromatic nitrogens is 1. The van der Waals surface area contributed by atoms with E-state index in [0.29, 0.717) is 68.1 Å². The van der Waals surface area contributed by atoms with Crippen LogP contribution in [-0.2, 0) is 62.0 Å². The Morgan fingerprint density at radius 1 is 0.808 bits per heavy atom. The second-order valence-electron chi connectivity index (χ2n) is 22.3. The minimum absolute atomic E-state index is 0.0153. The molecule has 5 heterocycles. The molecule has 1 aromatic heterocycles. The minimum atomic E-state index is -2.50. The van der Waals surface area contributed by atoms with E-state index in [0.717, 1.165) is 17.7 Å². The zero-order valence-electron chi connectivity index (χ0n) is 46.6. The van der Waals surface area contributed by atoms with Crippen molar-refractivity contribution in [1.82, 2.24) is 9.63 Å². The molecule has 1 amide bonds. The largest absolute Gasteiger partial charge is 0.492 e. The second kappa shape index (κ2) is 27.6. The van der Waals surface area contributed by atoms with E-state index >= 15 is 0 Å². The van der Waals surface area contributed by atoms with E-state index in [2.05, 4.69) is 0 Å². The fourth-order valence-electron chi connectivity index (χ4n) is 12.1. The van der Waals surface area contributed by atoms with Crippen LogP contribution in [0.3, 0.4) is 0 Å². The van der Waals surface area contributed by atoms with Gasteiger partial charge in [0.15, 0.2) is 5.78 Å². The number of hydrogen-bond acceptors (Lipinski definition) is 18. The summed E-state index contributed by atoms with van der Waals surface area (Å²) in [6.45, 7) is 10.6. The molecule has 4 aliphatic heterocycles. The van der Waals surface area contributed by atoms with Gasteiger partial charge in [-0.3, -0.25) is 24.0 Å². The molecule has 1 unspecified atom stereocenters. The van der Waals surface area contributed by atoms with E-state index in [1.54, 1.807) is 40.9 Å². The number of ketones is 3. The van der Waals surface area contributed by atoms with Gasteiger partial charge < -0.3 is 58.6 Å². The van der Waals surface area contributed by atoms with E-state index in [4.69, 9.17) is 33.3 Å². The molecule has 1 aliphatic carbocycles. The number of piperidine rings is 1. The summed E-state index contributed by atoms with van der Waals surface area (Å²) in [4.78, 5) is 103. The highest BCUT2D eigenvalue weighted by molar-refractivity contribution is 6.39. The Bertz CT molecular complexity index is 2420. The molecular weight excluding hydrogens is 1010 g/mol. The number of ether oxygens (including phenoxy) is 6. The van der Waals surface area contributed by atoms with Gasteiger partial charge in [0.05, 0.1) is 31.2 Å². The predicted molar refractivity (Wildman–Crippen MR) is 281 cm³/mol. The van der Waals surface area contributed by atoms with Crippen LogP contribution in [0, 0.1) is 41.4 Å². The molecular formula is C58H82N2O18. The summed E-state index contributed by atoms with van der Waals surface area (Å²) in [7, 11) is 4.40. The molecule has 1 saturated carbocycles. The Morgan fingerprint density at radius 2 is 1.51 bits per heavy atom. The highest BCUT2D eigenvalue weighted by Gasteiger charge is 2.57. The van der Waals surface area contributed by atoms with E-state index in [1.165, 1.54) is 19.1 Å². The molecule has 6 rings (SSSR count). The lowest BCUT2D eigenvalue weighted by molar-refractivity contribution is -0.266. The molecule has 4 N–H and O–H groups in total. The molecule has 6 bridgehead atoms. The lowest BCUT2D eigenvalue weighted by atomic mass is 9.68. The standard InChI is InChI=1S/C58H82N2O18/c1-32-14-11-10-12-15-33(2)44(72-7)30-39-19-17-37(6)58(71,77-39)55(68)56(69)59-25-13-16-40-41(28-38-18-20-43(46(29-38)73-8)75-49(64)23-24-50(65)78-60-47(62)21-22-48(60)63)45(76-57(70)51(40)59)31-42(61)34(3)27-36(5)53(67)54(74-9)52(66)35(4)26-32/h10-12,14-15,21-22,27,32,34-35,37-41,43-46,51,53-54,62-63,67,71H,13,16-20,23-26,28-31H2,1-9H3/t32-,34-,35-,37-,38+,39+,40?,41+,43-,44+,45+,46-,51+,53-,54+,58-/m1/s1. The molecule has 4 fully saturated rings. The fourth-order valence-corrected chi connectivity index (χ4v) is 12.1. The normalized spacial score (nSPS) is 35.2. The van der Waals surface area contributed by atoms with Crippen molar-refractivity contribution in [2.45, 2.75) is 180 Å². The number of allylic oxidation sites excluding steroid dienone is 6. The maximum absolute atomic E-state index is 14.6. The minimum Gasteiger partial charge on any atom is -0.492 e. The number of esters is 2. The topological polar surface area (TPSA) is 273 Å². The van der Waals surface area contributed by atoms with Crippen molar-refractivity contribution in [3.05, 3.63) is 59.7 Å². The number of Topliss-reactive ketones (excluding diaryl/α,β-unsaturated/α-hetero) is 3. The van der Waals surface area contributed by atoms with Crippen LogP contribution in [-0.4, -0.2) is 154 Å². The highest BCUT2D eigenvalue weighted by Crippen LogP contribution is 2.46. The van der Waals surface area contributed by atoms with Crippen molar-refractivity contribution in [2.24, 2.45) is 41.4 Å². The summed E-state index contributed by atoms with van der Waals surface area (Å²) < 4.78 is 36.1. The smallest absolute Gasteiger partial charge is 0.333 e. The van der Waals surface area contributed by atoms with Gasteiger partial charge >= 0.3 is 17.9 Å². The quantitative estimate of drug-likeness (QED) is 0.126. The van der Waals surface area contributed by atoms with E-state index < -0.39 is 132 Å². The molecule has 0 aromatic carbocycles. The maximum Gasteiger partial charge on any atom is 0.333 e. The van der Waals surface area contributed by atoms with E-state index in [1.807, 2.05) is 44.2 Å². The molecule has 0 radical (unpaired) electrons. The number of aliphatic hydroxyl groups is 2. The first-order chi connectivity index (χ1) is 37.0. The molecule has 1 aromatic rings. The molecule has 20 nitrogen and oxygen atoms in total. The number of rotatable bonds is 10. The number of amides is 1. The zero-order valence-corrected chi connectivity index (χ0v) is 46.6. The summed E-state index contributed by atoms with van der Waals surface area (Å²) in [6.07, 6.45) is 8.17.